The first-order valence-corrected chi connectivity index (χ1v) is 10.2. The quantitative estimate of drug-likeness (QED) is 0.680. The molecule has 0 radical (unpaired) electrons. The van der Waals surface area contributed by atoms with Crippen molar-refractivity contribution in [2.75, 3.05) is 31.2 Å². The second-order valence-electron chi connectivity index (χ2n) is 7.48. The van der Waals surface area contributed by atoms with E-state index in [2.05, 4.69) is 17.3 Å². The fourth-order valence-corrected chi connectivity index (χ4v) is 4.27. The number of nitrogens with two attached hydrogens (primary N) is 1. The highest BCUT2D eigenvalue weighted by molar-refractivity contribution is 6.00. The van der Waals surface area contributed by atoms with Crippen molar-refractivity contribution in [3.05, 3.63) is 33.4 Å². The van der Waals surface area contributed by atoms with Gasteiger partial charge in [-0.2, -0.15) is 0 Å². The first kappa shape index (κ1) is 21.1. The number of carboxylic acids is 1. The number of nitrogen functional groups attached to an aromatic ring is 1. The Morgan fingerprint density at radius 3 is 2.55 bits per heavy atom. The summed E-state index contributed by atoms with van der Waals surface area (Å²) in [4.78, 5) is 26.6. The van der Waals surface area contributed by atoms with Gasteiger partial charge in [-0.15, -0.1) is 0 Å². The van der Waals surface area contributed by atoms with Gasteiger partial charge in [0.25, 0.3) is 0 Å². The molecule has 8 heteroatoms. The van der Waals surface area contributed by atoms with Crippen LogP contribution in [-0.2, 0) is 13.0 Å². The summed E-state index contributed by atoms with van der Waals surface area (Å²) in [5, 5.41) is 12.7. The lowest BCUT2D eigenvalue weighted by atomic mass is 10.0. The van der Waals surface area contributed by atoms with Crippen molar-refractivity contribution in [1.82, 2.24) is 9.47 Å². The second-order valence-corrected chi connectivity index (χ2v) is 7.48. The first-order chi connectivity index (χ1) is 13.9. The number of carboxylic acid groups (broad SMARTS) is 1. The van der Waals surface area contributed by atoms with Crippen LogP contribution in [0.2, 0.25) is 0 Å². The number of aromatic carboxylic acids is 1. The van der Waals surface area contributed by atoms with Gasteiger partial charge >= 0.3 is 5.97 Å². The molecular weight excluding hydrogens is 375 g/mol. The smallest absolute Gasteiger partial charge is 0.341 e. The van der Waals surface area contributed by atoms with Crippen LogP contribution in [0.3, 0.4) is 0 Å². The van der Waals surface area contributed by atoms with Crippen LogP contribution in [0, 0.1) is 5.82 Å². The van der Waals surface area contributed by atoms with E-state index in [1.807, 2.05) is 13.8 Å². The number of rotatable bonds is 3. The molecule has 0 spiro atoms. The van der Waals surface area contributed by atoms with E-state index in [0.29, 0.717) is 24.2 Å². The van der Waals surface area contributed by atoms with Crippen molar-refractivity contribution in [2.45, 2.75) is 52.1 Å². The number of nitrogens with zero attached hydrogens (tertiary/aromatic N) is 2. The number of aryl methyl sites for hydroxylation is 1. The summed E-state index contributed by atoms with van der Waals surface area (Å²) in [5.74, 6) is -1.98. The summed E-state index contributed by atoms with van der Waals surface area (Å²) in [6.45, 7) is 6.45. The molecule has 0 atom stereocenters. The molecule has 2 aromatic rings. The van der Waals surface area contributed by atoms with Crippen LogP contribution in [0.5, 0.6) is 0 Å². The zero-order valence-electron chi connectivity index (χ0n) is 17.2. The lowest BCUT2D eigenvalue weighted by molar-refractivity contribution is 0.0694. The van der Waals surface area contributed by atoms with E-state index in [4.69, 9.17) is 5.73 Å². The Balaban J connectivity index is 0.00000117. The number of pyridine rings is 1. The van der Waals surface area contributed by atoms with Crippen molar-refractivity contribution in [2.24, 2.45) is 0 Å². The number of aromatic nitrogens is 1. The maximum atomic E-state index is 14.9. The molecule has 0 aliphatic carbocycles. The molecule has 1 aromatic heterocycles. The first-order valence-electron chi connectivity index (χ1n) is 10.2. The standard InChI is InChI=1S/C19H23FN4O3.C2H6/c1-23-7-4-10(5-8-23)22-11-9-13-14(17(21)16(11)20)18(25)15(19(26)27)12-3-2-6-24(12)13;1-2/h9-10,22H,2-8,21H2,1H3,(H,26,27);1-2H3. The van der Waals surface area contributed by atoms with Gasteiger partial charge in [0.1, 0.15) is 5.56 Å². The molecule has 2 aliphatic rings. The Morgan fingerprint density at radius 2 is 1.93 bits per heavy atom. The molecule has 0 saturated carbocycles. The zero-order valence-corrected chi connectivity index (χ0v) is 17.2. The van der Waals surface area contributed by atoms with Crippen LogP contribution in [0.25, 0.3) is 10.9 Å². The van der Waals surface area contributed by atoms with E-state index in [0.717, 1.165) is 32.4 Å². The Kier molecular flexibility index (Phi) is 6.12. The number of likely N-dealkylation sites (tertiary alicyclic amines) is 1. The third kappa shape index (κ3) is 3.69. The molecule has 2 aliphatic heterocycles. The number of hydrogen-bond donors (Lipinski definition) is 3. The van der Waals surface area contributed by atoms with Crippen molar-refractivity contribution >= 4 is 28.2 Å². The Morgan fingerprint density at radius 1 is 1.28 bits per heavy atom. The summed E-state index contributed by atoms with van der Waals surface area (Å²) in [7, 11) is 2.06. The third-order valence-corrected chi connectivity index (χ3v) is 5.73. The molecule has 4 N–H and O–H groups in total. The number of hydrogen-bond acceptors (Lipinski definition) is 5. The predicted octanol–water partition coefficient (Wildman–Crippen LogP) is 2.90. The maximum absolute atomic E-state index is 14.9. The van der Waals surface area contributed by atoms with E-state index in [9.17, 15) is 19.1 Å². The van der Waals surface area contributed by atoms with Gasteiger partial charge in [-0.25, -0.2) is 9.18 Å². The second kappa shape index (κ2) is 8.41. The highest BCUT2D eigenvalue weighted by atomic mass is 19.1. The molecule has 29 heavy (non-hydrogen) atoms. The molecule has 7 nitrogen and oxygen atoms in total. The van der Waals surface area contributed by atoms with Crippen LogP contribution >= 0.6 is 0 Å². The lowest BCUT2D eigenvalue weighted by Gasteiger charge is -2.30. The number of anilines is 2. The number of nitrogens with one attached hydrogen (secondary N) is 1. The zero-order chi connectivity index (χ0) is 21.3. The molecule has 1 saturated heterocycles. The average molecular weight is 404 g/mol. The van der Waals surface area contributed by atoms with Crippen LogP contribution < -0.4 is 16.5 Å². The van der Waals surface area contributed by atoms with Crippen molar-refractivity contribution in [1.29, 1.82) is 0 Å². The maximum Gasteiger partial charge on any atom is 0.341 e. The topological polar surface area (TPSA) is 101 Å². The summed E-state index contributed by atoms with van der Waals surface area (Å²) in [6.07, 6.45) is 3.05. The van der Waals surface area contributed by atoms with E-state index >= 15 is 0 Å². The molecule has 158 valence electrons. The van der Waals surface area contributed by atoms with E-state index in [-0.39, 0.29) is 28.4 Å². The molecule has 0 amide bonds. The normalized spacial score (nSPS) is 17.0. The Bertz CT molecular complexity index is 994. The van der Waals surface area contributed by atoms with Crippen molar-refractivity contribution in [3.63, 3.8) is 0 Å². The summed E-state index contributed by atoms with van der Waals surface area (Å²) >= 11 is 0. The van der Waals surface area contributed by atoms with E-state index in [1.165, 1.54) is 0 Å². The minimum absolute atomic E-state index is 0.0375. The van der Waals surface area contributed by atoms with Gasteiger partial charge in [-0.05, 0) is 51.9 Å². The monoisotopic (exact) mass is 404 g/mol. The van der Waals surface area contributed by atoms with Crippen molar-refractivity contribution in [3.8, 4) is 0 Å². The SMILES string of the molecule is CC.CN1CCC(Nc2cc3c(c(N)c2F)c(=O)c(C(=O)O)c2n3CCC2)CC1. The molecule has 3 heterocycles. The number of carbonyl (C=O) groups is 1. The Hall–Kier alpha value is -2.61. The summed E-state index contributed by atoms with van der Waals surface area (Å²) in [5.41, 5.74) is 5.99. The Labute approximate surface area is 169 Å². The van der Waals surface area contributed by atoms with Crippen LogP contribution in [0.4, 0.5) is 15.8 Å². The summed E-state index contributed by atoms with van der Waals surface area (Å²) in [6, 6.07) is 1.75. The fourth-order valence-electron chi connectivity index (χ4n) is 4.27. The molecular formula is C21H29FN4O3. The van der Waals surface area contributed by atoms with E-state index < -0.39 is 17.2 Å². The van der Waals surface area contributed by atoms with Crippen LogP contribution in [-0.4, -0.2) is 46.7 Å². The predicted molar refractivity (Wildman–Crippen MR) is 113 cm³/mol. The highest BCUT2D eigenvalue weighted by Gasteiger charge is 2.28. The fraction of sp³-hybridized carbons (Fsp3) is 0.524. The summed E-state index contributed by atoms with van der Waals surface area (Å²) < 4.78 is 16.7. The number of piperidine rings is 1. The van der Waals surface area contributed by atoms with Gasteiger partial charge in [-0.1, -0.05) is 13.8 Å². The van der Waals surface area contributed by atoms with Gasteiger partial charge in [0.05, 0.1) is 22.3 Å². The van der Waals surface area contributed by atoms with Crippen molar-refractivity contribution < 1.29 is 14.3 Å². The number of benzene rings is 1. The van der Waals surface area contributed by atoms with Gasteiger partial charge in [0, 0.05) is 18.3 Å². The largest absolute Gasteiger partial charge is 0.477 e. The molecule has 0 unspecified atom stereocenters. The van der Waals surface area contributed by atoms with Gasteiger partial charge in [-0.3, -0.25) is 4.79 Å². The lowest BCUT2D eigenvalue weighted by Crippen LogP contribution is -2.37. The third-order valence-electron chi connectivity index (χ3n) is 5.73. The van der Waals surface area contributed by atoms with Crippen LogP contribution in [0.15, 0.2) is 10.9 Å². The molecule has 1 aromatic carbocycles. The molecule has 4 rings (SSSR count). The molecule has 1 fully saturated rings. The van der Waals surface area contributed by atoms with Gasteiger partial charge in [0.15, 0.2) is 5.82 Å². The van der Waals surface area contributed by atoms with E-state index in [1.54, 1.807) is 10.6 Å². The van der Waals surface area contributed by atoms with Gasteiger partial charge < -0.3 is 25.6 Å². The molecule has 0 bridgehead atoms. The minimum atomic E-state index is -1.29. The minimum Gasteiger partial charge on any atom is -0.477 e. The van der Waals surface area contributed by atoms with Gasteiger partial charge in [0.2, 0.25) is 5.43 Å². The number of fused-ring (bicyclic) bond motifs is 3. The van der Waals surface area contributed by atoms with Crippen LogP contribution in [0.1, 0.15) is 49.2 Å². The average Bonchev–Trinajstić information content (AvgIpc) is 3.18. The highest BCUT2D eigenvalue weighted by Crippen LogP contribution is 2.33. The number of halogens is 1.